The number of aliphatic hydroxyl groups is 1. The van der Waals surface area contributed by atoms with Gasteiger partial charge in [-0.15, -0.1) is 0 Å². The monoisotopic (exact) mass is 400 g/mol. The van der Waals surface area contributed by atoms with E-state index >= 15 is 0 Å². The summed E-state index contributed by atoms with van der Waals surface area (Å²) in [6.45, 7) is 9.04. The van der Waals surface area contributed by atoms with Gasteiger partial charge in [0.1, 0.15) is 17.0 Å². The van der Waals surface area contributed by atoms with E-state index < -0.39 is 22.8 Å². The Bertz CT molecular complexity index is 1010. The molecule has 1 heterocycles. The van der Waals surface area contributed by atoms with Gasteiger partial charge in [0.25, 0.3) is 0 Å². The smallest absolute Gasteiger partial charge is 0.198 e. The van der Waals surface area contributed by atoms with Crippen molar-refractivity contribution in [1.82, 2.24) is 0 Å². The van der Waals surface area contributed by atoms with Crippen LogP contribution in [0.4, 0.5) is 8.78 Å². The van der Waals surface area contributed by atoms with Crippen molar-refractivity contribution < 1.29 is 23.4 Å². The number of halogens is 2. The molecule has 29 heavy (non-hydrogen) atoms. The van der Waals surface area contributed by atoms with Crippen molar-refractivity contribution in [1.29, 1.82) is 0 Å². The minimum atomic E-state index is -1.03. The summed E-state index contributed by atoms with van der Waals surface area (Å²) in [6, 6.07) is 9.12. The summed E-state index contributed by atoms with van der Waals surface area (Å²) < 4.78 is 32.9. The molecule has 1 aliphatic heterocycles. The number of Topliss-reactive ketones (excluding diaryl/α,β-unsaturated/α-hetero) is 1. The Morgan fingerprint density at radius 2 is 1.59 bits per heavy atom. The Hall–Kier alpha value is -2.53. The predicted octanol–water partition coefficient (Wildman–Crippen LogP) is 6.01. The summed E-state index contributed by atoms with van der Waals surface area (Å²) in [4.78, 5) is 13.2. The molecule has 5 heteroatoms. The number of hydrogen-bond acceptors (Lipinski definition) is 3. The van der Waals surface area contributed by atoms with E-state index in [9.17, 15) is 18.7 Å². The fourth-order valence-electron chi connectivity index (χ4n) is 3.80. The summed E-state index contributed by atoms with van der Waals surface area (Å²) in [5, 5.41) is 10.9. The Balaban J connectivity index is 2.17. The molecule has 0 aliphatic carbocycles. The molecule has 1 unspecified atom stereocenters. The van der Waals surface area contributed by atoms with E-state index in [1.807, 2.05) is 19.9 Å². The maximum Gasteiger partial charge on any atom is 0.198 e. The minimum Gasteiger partial charge on any atom is -0.508 e. The van der Waals surface area contributed by atoms with E-state index in [4.69, 9.17) is 4.74 Å². The van der Waals surface area contributed by atoms with Gasteiger partial charge in [0.2, 0.25) is 0 Å². The van der Waals surface area contributed by atoms with Crippen LogP contribution in [0.25, 0.3) is 16.7 Å². The molecule has 2 aromatic rings. The van der Waals surface area contributed by atoms with Crippen LogP contribution in [-0.4, -0.2) is 22.1 Å². The SMILES string of the molecule is CCc1cc(-c2ccc(F)c(F)c2)ccc1C1=C(O)C(C)(C)OC(C)(CC)C1=O. The highest BCUT2D eigenvalue weighted by Gasteiger charge is 2.48. The Labute approximate surface area is 170 Å². The van der Waals surface area contributed by atoms with Crippen LogP contribution in [0, 0.1) is 11.6 Å². The molecule has 1 atom stereocenters. The lowest BCUT2D eigenvalue weighted by Gasteiger charge is -2.42. The zero-order chi connectivity index (χ0) is 21.6. The minimum absolute atomic E-state index is 0.0938. The van der Waals surface area contributed by atoms with Crippen molar-refractivity contribution in [2.75, 3.05) is 0 Å². The normalized spacial score (nSPS) is 21.6. The summed E-state index contributed by atoms with van der Waals surface area (Å²) in [5.41, 5.74) is 0.948. The van der Waals surface area contributed by atoms with Gasteiger partial charge < -0.3 is 9.84 Å². The second kappa shape index (κ2) is 7.38. The fourth-order valence-corrected chi connectivity index (χ4v) is 3.80. The molecule has 0 aromatic heterocycles. The van der Waals surface area contributed by atoms with Crippen molar-refractivity contribution in [2.24, 2.45) is 0 Å². The lowest BCUT2D eigenvalue weighted by atomic mass is 9.79. The molecule has 0 fully saturated rings. The van der Waals surface area contributed by atoms with E-state index in [0.29, 0.717) is 29.5 Å². The zero-order valence-corrected chi connectivity index (χ0v) is 17.4. The third-order valence-electron chi connectivity index (χ3n) is 5.68. The topological polar surface area (TPSA) is 46.5 Å². The third kappa shape index (κ3) is 3.60. The molecule has 0 bridgehead atoms. The molecule has 3 nitrogen and oxygen atoms in total. The lowest BCUT2D eigenvalue weighted by Crippen LogP contribution is -2.51. The quantitative estimate of drug-likeness (QED) is 0.684. The maximum absolute atomic E-state index is 13.7. The number of aliphatic hydroxyl groups excluding tert-OH is 1. The van der Waals surface area contributed by atoms with Gasteiger partial charge in [-0.1, -0.05) is 38.1 Å². The standard InChI is InChI=1S/C24H26F2O3/c1-6-14-12-15(16-9-11-18(25)19(26)13-16)8-10-17(14)20-21(27)23(3,4)29-24(5,7-2)22(20)28/h8-13,27H,6-7H2,1-5H3. The zero-order valence-electron chi connectivity index (χ0n) is 17.4. The van der Waals surface area contributed by atoms with Crippen molar-refractivity contribution in [3.63, 3.8) is 0 Å². The number of hydrogen-bond donors (Lipinski definition) is 1. The van der Waals surface area contributed by atoms with Crippen molar-refractivity contribution in [2.45, 2.75) is 58.7 Å². The van der Waals surface area contributed by atoms with Gasteiger partial charge in [-0.3, -0.25) is 4.79 Å². The number of aryl methyl sites for hydroxylation is 1. The number of carbonyl (C=O) groups is 1. The van der Waals surface area contributed by atoms with Gasteiger partial charge in [-0.25, -0.2) is 8.78 Å². The first kappa shape index (κ1) is 21.2. The van der Waals surface area contributed by atoms with Crippen LogP contribution in [0.15, 0.2) is 42.2 Å². The van der Waals surface area contributed by atoms with Gasteiger partial charge in [-0.2, -0.15) is 0 Å². The van der Waals surface area contributed by atoms with Crippen molar-refractivity contribution in [3.8, 4) is 11.1 Å². The van der Waals surface area contributed by atoms with Crippen LogP contribution in [0.5, 0.6) is 0 Å². The molecule has 0 amide bonds. The number of rotatable bonds is 4. The van der Waals surface area contributed by atoms with Crippen LogP contribution in [0.1, 0.15) is 52.2 Å². The molecule has 154 valence electrons. The second-order valence-corrected chi connectivity index (χ2v) is 8.10. The average molecular weight is 400 g/mol. The molecule has 2 aromatic carbocycles. The van der Waals surface area contributed by atoms with Crippen molar-refractivity contribution >= 4 is 11.4 Å². The van der Waals surface area contributed by atoms with E-state index in [0.717, 1.165) is 17.7 Å². The highest BCUT2D eigenvalue weighted by atomic mass is 19.2. The number of benzene rings is 2. The first-order valence-electron chi connectivity index (χ1n) is 9.81. The highest BCUT2D eigenvalue weighted by molar-refractivity contribution is 6.26. The third-order valence-corrected chi connectivity index (χ3v) is 5.68. The first-order valence-corrected chi connectivity index (χ1v) is 9.81. The summed E-state index contributed by atoms with van der Waals surface area (Å²) in [7, 11) is 0. The fraction of sp³-hybridized carbons (Fsp3) is 0.375. The maximum atomic E-state index is 13.7. The van der Waals surface area contributed by atoms with Crippen LogP contribution >= 0.6 is 0 Å². The molecular weight excluding hydrogens is 374 g/mol. The highest BCUT2D eigenvalue weighted by Crippen LogP contribution is 2.42. The van der Waals surface area contributed by atoms with E-state index in [1.54, 1.807) is 32.9 Å². The van der Waals surface area contributed by atoms with E-state index in [1.165, 1.54) is 6.07 Å². The molecule has 3 rings (SSSR count). The average Bonchev–Trinajstić information content (AvgIpc) is 2.68. The van der Waals surface area contributed by atoms with Gasteiger partial charge in [0.15, 0.2) is 17.4 Å². The van der Waals surface area contributed by atoms with Gasteiger partial charge in [0, 0.05) is 0 Å². The molecular formula is C24H26F2O3. The Kier molecular flexibility index (Phi) is 5.39. The lowest BCUT2D eigenvalue weighted by molar-refractivity contribution is -0.163. The van der Waals surface area contributed by atoms with Crippen LogP contribution in [0.3, 0.4) is 0 Å². The van der Waals surface area contributed by atoms with Gasteiger partial charge in [0.05, 0.1) is 5.57 Å². The number of carbonyl (C=O) groups excluding carboxylic acids is 1. The number of ketones is 1. The predicted molar refractivity (Wildman–Crippen MR) is 110 cm³/mol. The molecule has 0 saturated heterocycles. The van der Waals surface area contributed by atoms with Gasteiger partial charge >= 0.3 is 0 Å². The summed E-state index contributed by atoms with van der Waals surface area (Å²) in [5.74, 6) is -2.16. The molecule has 0 saturated carbocycles. The Morgan fingerprint density at radius 3 is 2.17 bits per heavy atom. The van der Waals surface area contributed by atoms with Crippen molar-refractivity contribution in [3.05, 3.63) is 64.9 Å². The largest absolute Gasteiger partial charge is 0.508 e. The number of ether oxygens (including phenoxy) is 1. The molecule has 1 aliphatic rings. The second-order valence-electron chi connectivity index (χ2n) is 8.10. The Morgan fingerprint density at radius 1 is 0.966 bits per heavy atom. The summed E-state index contributed by atoms with van der Waals surface area (Å²) >= 11 is 0. The van der Waals surface area contributed by atoms with Gasteiger partial charge in [-0.05, 0) is 68.0 Å². The van der Waals surface area contributed by atoms with E-state index in [2.05, 4.69) is 0 Å². The molecule has 1 N–H and O–H groups in total. The van der Waals surface area contributed by atoms with Crippen LogP contribution in [0.2, 0.25) is 0 Å². The molecule has 0 radical (unpaired) electrons. The van der Waals surface area contributed by atoms with Crippen LogP contribution < -0.4 is 0 Å². The molecule has 0 spiro atoms. The van der Waals surface area contributed by atoms with Crippen LogP contribution in [-0.2, 0) is 16.0 Å². The van der Waals surface area contributed by atoms with E-state index in [-0.39, 0.29) is 17.1 Å². The summed E-state index contributed by atoms with van der Waals surface area (Å²) in [6.07, 6.45) is 1.07. The first-order chi connectivity index (χ1) is 13.5.